The number of carbonyl (C=O) groups excluding carboxylic acids is 3. The highest BCUT2D eigenvalue weighted by atomic mass is 16.2. The lowest BCUT2D eigenvalue weighted by molar-refractivity contribution is -0.135. The van der Waals surface area contributed by atoms with E-state index < -0.39 is 11.6 Å². The average molecular weight is 343 g/mol. The van der Waals surface area contributed by atoms with Crippen molar-refractivity contribution in [3.05, 3.63) is 35.4 Å². The van der Waals surface area contributed by atoms with E-state index >= 15 is 0 Å². The molecule has 0 unspecified atom stereocenters. The maximum Gasteiger partial charge on any atom is 0.325 e. The van der Waals surface area contributed by atoms with Crippen LogP contribution in [0.15, 0.2) is 24.3 Å². The highest BCUT2D eigenvalue weighted by Crippen LogP contribution is 2.34. The van der Waals surface area contributed by atoms with Crippen molar-refractivity contribution in [3.8, 4) is 0 Å². The van der Waals surface area contributed by atoms with Crippen LogP contribution in [0.2, 0.25) is 0 Å². The number of hydrogen-bond donors (Lipinski definition) is 2. The first-order valence-corrected chi connectivity index (χ1v) is 8.97. The van der Waals surface area contributed by atoms with E-state index in [0.29, 0.717) is 12.8 Å². The van der Waals surface area contributed by atoms with E-state index in [1.165, 1.54) is 5.56 Å². The molecule has 1 spiro atoms. The highest BCUT2D eigenvalue weighted by Gasteiger charge is 2.52. The van der Waals surface area contributed by atoms with Crippen molar-refractivity contribution in [2.24, 2.45) is 0 Å². The molecule has 6 heteroatoms. The lowest BCUT2D eigenvalue weighted by Crippen LogP contribution is -2.45. The van der Waals surface area contributed by atoms with Crippen molar-refractivity contribution < 1.29 is 14.4 Å². The fourth-order valence-corrected chi connectivity index (χ4v) is 3.69. The maximum atomic E-state index is 12.6. The molecule has 1 aliphatic heterocycles. The third-order valence-corrected chi connectivity index (χ3v) is 5.27. The Balaban J connectivity index is 1.60. The van der Waals surface area contributed by atoms with Gasteiger partial charge in [0.2, 0.25) is 5.91 Å². The summed E-state index contributed by atoms with van der Waals surface area (Å²) in [5.41, 5.74) is 1.47. The van der Waals surface area contributed by atoms with Gasteiger partial charge in [-0.3, -0.25) is 14.5 Å². The third-order valence-electron chi connectivity index (χ3n) is 5.27. The van der Waals surface area contributed by atoms with Crippen LogP contribution in [-0.2, 0) is 16.0 Å². The van der Waals surface area contributed by atoms with Gasteiger partial charge < -0.3 is 10.6 Å². The quantitative estimate of drug-likeness (QED) is 0.805. The van der Waals surface area contributed by atoms with Crippen LogP contribution >= 0.6 is 0 Å². The van der Waals surface area contributed by atoms with E-state index in [2.05, 4.69) is 17.6 Å². The number of nitrogens with one attached hydrogen (secondary N) is 2. The van der Waals surface area contributed by atoms with Gasteiger partial charge in [0.1, 0.15) is 12.1 Å². The summed E-state index contributed by atoms with van der Waals surface area (Å²) in [4.78, 5) is 38.1. The van der Waals surface area contributed by atoms with Gasteiger partial charge in [-0.1, -0.05) is 44.0 Å². The molecule has 1 aromatic rings. The zero-order valence-corrected chi connectivity index (χ0v) is 14.8. The molecule has 1 atom stereocenters. The Labute approximate surface area is 148 Å². The third kappa shape index (κ3) is 3.38. The summed E-state index contributed by atoms with van der Waals surface area (Å²) in [6.07, 6.45) is 4.15. The van der Waals surface area contributed by atoms with Crippen molar-refractivity contribution in [1.82, 2.24) is 15.5 Å². The molecule has 3 rings (SSSR count). The summed E-state index contributed by atoms with van der Waals surface area (Å²) in [5.74, 6) is -0.587. The van der Waals surface area contributed by atoms with E-state index in [0.717, 1.165) is 29.7 Å². The molecule has 1 aromatic carbocycles. The molecule has 2 fully saturated rings. The number of benzene rings is 1. The number of urea groups is 1. The van der Waals surface area contributed by atoms with Crippen molar-refractivity contribution in [2.45, 2.75) is 57.5 Å². The van der Waals surface area contributed by atoms with Gasteiger partial charge in [-0.2, -0.15) is 0 Å². The Hall–Kier alpha value is -2.37. The summed E-state index contributed by atoms with van der Waals surface area (Å²) >= 11 is 0. The van der Waals surface area contributed by atoms with Crippen molar-refractivity contribution in [1.29, 1.82) is 0 Å². The number of amides is 4. The first-order chi connectivity index (χ1) is 11.9. The molecule has 0 aromatic heterocycles. The first kappa shape index (κ1) is 17.5. The fraction of sp³-hybridized carbons (Fsp3) is 0.526. The van der Waals surface area contributed by atoms with E-state index in [4.69, 9.17) is 0 Å². The predicted molar refractivity (Wildman–Crippen MR) is 93.8 cm³/mol. The molecule has 1 saturated heterocycles. The van der Waals surface area contributed by atoms with E-state index in [1.807, 2.05) is 31.2 Å². The molecule has 134 valence electrons. The van der Waals surface area contributed by atoms with Crippen LogP contribution in [0.25, 0.3) is 0 Å². The molecule has 1 heterocycles. The average Bonchev–Trinajstić information content (AvgIpc) is 3.16. The van der Waals surface area contributed by atoms with Gasteiger partial charge in [0, 0.05) is 0 Å². The molecule has 4 amide bonds. The molecule has 0 radical (unpaired) electrons. The molecule has 1 aliphatic carbocycles. The second kappa shape index (κ2) is 6.86. The Bertz CT molecular complexity index is 678. The standard InChI is InChI=1S/C19H25N3O3/c1-3-14-6-8-15(9-7-14)13(2)20-16(23)12-22-17(24)19(21-18(22)25)10-4-5-11-19/h6-9,13H,3-5,10-12H2,1-2H3,(H,20,23)(H,21,25)/t13-/m1/s1. The number of rotatable bonds is 5. The SMILES string of the molecule is CCc1ccc([C@@H](C)NC(=O)CN2C(=O)NC3(CCCC3)C2=O)cc1. The van der Waals surface area contributed by atoms with E-state index in [-0.39, 0.29) is 24.4 Å². The van der Waals surface area contributed by atoms with Crippen LogP contribution in [0.1, 0.15) is 56.7 Å². The summed E-state index contributed by atoms with van der Waals surface area (Å²) in [6, 6.07) is 7.43. The summed E-state index contributed by atoms with van der Waals surface area (Å²) in [5, 5.41) is 5.66. The Kier molecular flexibility index (Phi) is 4.79. The number of hydrogen-bond acceptors (Lipinski definition) is 3. The van der Waals surface area contributed by atoms with Gasteiger partial charge in [-0.15, -0.1) is 0 Å². The Morgan fingerprint density at radius 2 is 1.88 bits per heavy atom. The highest BCUT2D eigenvalue weighted by molar-refractivity contribution is 6.09. The predicted octanol–water partition coefficient (Wildman–Crippen LogP) is 2.29. The normalized spacial score (nSPS) is 20.0. The number of imide groups is 1. The lowest BCUT2D eigenvalue weighted by Gasteiger charge is -2.20. The minimum Gasteiger partial charge on any atom is -0.348 e. The van der Waals surface area contributed by atoms with Gasteiger partial charge in [-0.05, 0) is 37.3 Å². The second-order valence-corrected chi connectivity index (χ2v) is 7.00. The van der Waals surface area contributed by atoms with Crippen LogP contribution in [0.5, 0.6) is 0 Å². The van der Waals surface area contributed by atoms with Crippen LogP contribution in [-0.4, -0.2) is 34.8 Å². The minimum atomic E-state index is -0.765. The van der Waals surface area contributed by atoms with Crippen molar-refractivity contribution >= 4 is 17.8 Å². The molecular weight excluding hydrogens is 318 g/mol. The molecular formula is C19H25N3O3. The number of nitrogens with zero attached hydrogens (tertiary/aromatic N) is 1. The second-order valence-electron chi connectivity index (χ2n) is 7.00. The monoisotopic (exact) mass is 343 g/mol. The summed E-state index contributed by atoms with van der Waals surface area (Å²) < 4.78 is 0. The largest absolute Gasteiger partial charge is 0.348 e. The molecule has 25 heavy (non-hydrogen) atoms. The van der Waals surface area contributed by atoms with Crippen LogP contribution < -0.4 is 10.6 Å². The lowest BCUT2D eigenvalue weighted by atomic mass is 9.98. The first-order valence-electron chi connectivity index (χ1n) is 8.97. The van der Waals surface area contributed by atoms with Gasteiger partial charge in [-0.25, -0.2) is 4.79 Å². The number of aryl methyl sites for hydroxylation is 1. The number of carbonyl (C=O) groups is 3. The van der Waals surface area contributed by atoms with Gasteiger partial charge in [0.15, 0.2) is 0 Å². The van der Waals surface area contributed by atoms with Crippen LogP contribution in [0.4, 0.5) is 4.79 Å². The van der Waals surface area contributed by atoms with E-state index in [9.17, 15) is 14.4 Å². The molecule has 2 aliphatic rings. The van der Waals surface area contributed by atoms with Gasteiger partial charge >= 0.3 is 6.03 Å². The summed E-state index contributed by atoms with van der Waals surface area (Å²) in [6.45, 7) is 3.75. The van der Waals surface area contributed by atoms with Crippen molar-refractivity contribution in [3.63, 3.8) is 0 Å². The molecule has 6 nitrogen and oxygen atoms in total. The smallest absolute Gasteiger partial charge is 0.325 e. The van der Waals surface area contributed by atoms with Gasteiger partial charge in [0.05, 0.1) is 6.04 Å². The zero-order valence-electron chi connectivity index (χ0n) is 14.8. The minimum absolute atomic E-state index is 0.181. The zero-order chi connectivity index (χ0) is 18.0. The van der Waals surface area contributed by atoms with Crippen LogP contribution in [0, 0.1) is 0 Å². The molecule has 0 bridgehead atoms. The summed E-state index contributed by atoms with van der Waals surface area (Å²) in [7, 11) is 0. The Morgan fingerprint density at radius 1 is 1.24 bits per heavy atom. The van der Waals surface area contributed by atoms with Gasteiger partial charge in [0.25, 0.3) is 5.91 Å². The molecule has 1 saturated carbocycles. The maximum absolute atomic E-state index is 12.6. The van der Waals surface area contributed by atoms with Crippen LogP contribution in [0.3, 0.4) is 0 Å². The molecule has 2 N–H and O–H groups in total. The fourth-order valence-electron chi connectivity index (χ4n) is 3.69. The van der Waals surface area contributed by atoms with E-state index in [1.54, 1.807) is 0 Å². The Morgan fingerprint density at radius 3 is 2.48 bits per heavy atom. The topological polar surface area (TPSA) is 78.5 Å². The van der Waals surface area contributed by atoms with Crippen molar-refractivity contribution in [2.75, 3.05) is 6.54 Å².